The fourth-order valence-corrected chi connectivity index (χ4v) is 3.44. The molecule has 1 aromatic rings. The van der Waals surface area contributed by atoms with Crippen molar-refractivity contribution in [2.24, 2.45) is 5.16 Å². The summed E-state index contributed by atoms with van der Waals surface area (Å²) in [5, 5.41) is 7.32. The predicted octanol–water partition coefficient (Wildman–Crippen LogP) is 5.08. The fraction of sp³-hybridized carbons (Fsp3) is 0.348. The Morgan fingerprint density at radius 2 is 1.89 bits per heavy atom. The second-order valence-electron chi connectivity index (χ2n) is 7.78. The molecule has 1 atom stereocenters. The molecule has 2 amide bonds. The Kier molecular flexibility index (Phi) is 9.00. The molecule has 0 bridgehead atoms. The van der Waals surface area contributed by atoms with Crippen LogP contribution >= 0.6 is 11.6 Å². The van der Waals surface area contributed by atoms with Gasteiger partial charge in [0.25, 0.3) is 11.5 Å². The average Bonchev–Trinajstić information content (AvgIpc) is 3.22. The molecule has 1 unspecified atom stereocenters. The van der Waals surface area contributed by atoms with E-state index in [9.17, 15) is 35.9 Å². The normalized spacial score (nSPS) is 18.6. The number of benzene rings is 1. The Labute approximate surface area is 207 Å². The zero-order valence-corrected chi connectivity index (χ0v) is 19.9. The molecule has 0 aliphatic carbocycles. The molecule has 0 radical (unpaired) electrons. The van der Waals surface area contributed by atoms with Gasteiger partial charge in [-0.1, -0.05) is 41.6 Å². The summed E-state index contributed by atoms with van der Waals surface area (Å²) in [6, 6.07) is 4.06. The monoisotopic (exact) mass is 537 g/mol. The first-order valence-corrected chi connectivity index (χ1v) is 10.7. The number of allylic oxidation sites excluding steroid dienone is 3. The van der Waals surface area contributed by atoms with Crippen molar-refractivity contribution < 1.29 is 40.8 Å². The summed E-state index contributed by atoms with van der Waals surface area (Å²) in [6.45, 7) is 4.19. The lowest BCUT2D eigenvalue weighted by atomic mass is 9.85. The van der Waals surface area contributed by atoms with E-state index in [2.05, 4.69) is 17.1 Å². The van der Waals surface area contributed by atoms with Crippen LogP contribution in [0.5, 0.6) is 0 Å². The van der Waals surface area contributed by atoms with Crippen molar-refractivity contribution in [2.75, 3.05) is 13.1 Å². The molecule has 0 fully saturated rings. The van der Waals surface area contributed by atoms with Crippen LogP contribution in [-0.2, 0) is 9.63 Å². The molecule has 0 saturated carbocycles. The van der Waals surface area contributed by atoms with Crippen LogP contribution in [0, 0.1) is 6.92 Å². The maximum absolute atomic E-state index is 14.2. The van der Waals surface area contributed by atoms with Gasteiger partial charge in [-0.2, -0.15) is 26.3 Å². The van der Waals surface area contributed by atoms with Crippen molar-refractivity contribution in [3.05, 3.63) is 70.3 Å². The van der Waals surface area contributed by atoms with Crippen LogP contribution < -0.4 is 10.6 Å². The molecule has 1 heterocycles. The summed E-state index contributed by atoms with van der Waals surface area (Å²) in [5.74, 6) is -1.80. The van der Waals surface area contributed by atoms with E-state index in [-0.39, 0.29) is 27.4 Å². The van der Waals surface area contributed by atoms with Crippen molar-refractivity contribution in [1.29, 1.82) is 0 Å². The van der Waals surface area contributed by atoms with Crippen LogP contribution in [0.3, 0.4) is 0 Å². The molecule has 2 N–H and O–H groups in total. The van der Waals surface area contributed by atoms with Crippen LogP contribution in [0.1, 0.15) is 34.8 Å². The fourth-order valence-electron chi connectivity index (χ4n) is 3.32. The Morgan fingerprint density at radius 3 is 2.42 bits per heavy atom. The second kappa shape index (κ2) is 11.2. The van der Waals surface area contributed by atoms with Crippen molar-refractivity contribution in [3.63, 3.8) is 0 Å². The van der Waals surface area contributed by atoms with E-state index < -0.39 is 49.3 Å². The largest absolute Gasteiger partial charge is 0.435 e. The maximum atomic E-state index is 14.2. The minimum absolute atomic E-state index is 0.0375. The van der Waals surface area contributed by atoms with E-state index in [0.717, 1.165) is 6.08 Å². The van der Waals surface area contributed by atoms with E-state index in [1.807, 2.05) is 0 Å². The number of nitrogens with one attached hydrogen (secondary N) is 2. The first-order chi connectivity index (χ1) is 16.6. The Balaban J connectivity index is 2.20. The third-order valence-corrected chi connectivity index (χ3v) is 5.12. The smallest absolute Gasteiger partial charge is 0.374 e. The zero-order chi connectivity index (χ0) is 27.3. The van der Waals surface area contributed by atoms with Crippen molar-refractivity contribution in [1.82, 2.24) is 10.6 Å². The molecular formula is C23H22ClF6N3O3. The third kappa shape index (κ3) is 7.12. The number of amides is 2. The van der Waals surface area contributed by atoms with Crippen LogP contribution in [0.15, 0.2) is 58.8 Å². The summed E-state index contributed by atoms with van der Waals surface area (Å²) in [4.78, 5) is 28.8. The minimum Gasteiger partial charge on any atom is -0.374 e. The van der Waals surface area contributed by atoms with Gasteiger partial charge in [0.1, 0.15) is 6.54 Å². The third-order valence-electron chi connectivity index (χ3n) is 5.01. The minimum atomic E-state index is -4.86. The van der Waals surface area contributed by atoms with Gasteiger partial charge < -0.3 is 15.5 Å². The number of aryl methyl sites for hydroxylation is 1. The molecule has 0 saturated heterocycles. The molecule has 1 aromatic carbocycles. The highest BCUT2D eigenvalue weighted by Crippen LogP contribution is 2.47. The molecule has 1 aliphatic heterocycles. The number of carbonyl (C=O) groups is 2. The van der Waals surface area contributed by atoms with Gasteiger partial charge in [0.2, 0.25) is 5.91 Å². The predicted molar refractivity (Wildman–Crippen MR) is 121 cm³/mol. The number of nitrogens with zero attached hydrogens (tertiary/aromatic N) is 1. The number of hydrogen-bond acceptors (Lipinski definition) is 4. The molecule has 13 heteroatoms. The number of carbonyl (C=O) groups excluding carboxylic acids is 2. The van der Waals surface area contributed by atoms with Gasteiger partial charge in [-0.3, -0.25) is 9.59 Å². The molecular weight excluding hydrogens is 516 g/mol. The van der Waals surface area contributed by atoms with Crippen LogP contribution in [0.4, 0.5) is 26.3 Å². The van der Waals surface area contributed by atoms with Gasteiger partial charge in [0.05, 0.1) is 12.3 Å². The Hall–Kier alpha value is -3.28. The lowest BCUT2D eigenvalue weighted by molar-refractivity contribution is -0.251. The maximum Gasteiger partial charge on any atom is 0.435 e. The van der Waals surface area contributed by atoms with Gasteiger partial charge >= 0.3 is 12.4 Å². The zero-order valence-electron chi connectivity index (χ0n) is 19.1. The number of halogens is 7. The lowest BCUT2D eigenvalue weighted by Gasteiger charge is -2.30. The highest BCUT2D eigenvalue weighted by atomic mass is 35.5. The molecule has 6 nitrogen and oxygen atoms in total. The van der Waals surface area contributed by atoms with Crippen molar-refractivity contribution >= 4 is 29.1 Å². The molecule has 0 aromatic heterocycles. The average molecular weight is 538 g/mol. The summed E-state index contributed by atoms with van der Waals surface area (Å²) in [5.41, 5.74) is -2.50. The van der Waals surface area contributed by atoms with Crippen molar-refractivity contribution in [2.45, 2.75) is 38.2 Å². The van der Waals surface area contributed by atoms with Gasteiger partial charge in [0.15, 0.2) is 0 Å². The van der Waals surface area contributed by atoms with E-state index in [1.165, 1.54) is 44.2 Å². The number of rotatable bonds is 8. The second-order valence-corrected chi connectivity index (χ2v) is 8.27. The van der Waals surface area contributed by atoms with E-state index >= 15 is 0 Å². The first kappa shape index (κ1) is 29.0. The van der Waals surface area contributed by atoms with Crippen LogP contribution in [-0.4, -0.2) is 48.6 Å². The topological polar surface area (TPSA) is 79.8 Å². The van der Waals surface area contributed by atoms with Gasteiger partial charge in [-0.15, -0.1) is 0 Å². The Morgan fingerprint density at radius 1 is 1.22 bits per heavy atom. The molecule has 2 rings (SSSR count). The standard InChI is InChI=1S/C23H22ClF6N3O3/c1-4-5-16(9-14(3)24)21(23(28,29)30)10-18(33-36-21)15-6-7-17(13(2)8-15)20(35)31-11-19(34)32-12-22(25,26)27/h4-9H,3,10-12H2,1-2H3,(H,31,35)(H,32,34)/b5-4-,16-9-. The van der Waals surface area contributed by atoms with Gasteiger partial charge in [0, 0.05) is 22.6 Å². The number of oxime groups is 1. The van der Waals surface area contributed by atoms with E-state index in [1.54, 1.807) is 5.32 Å². The molecule has 196 valence electrons. The first-order valence-electron chi connectivity index (χ1n) is 10.3. The van der Waals surface area contributed by atoms with Crippen LogP contribution in [0.25, 0.3) is 0 Å². The van der Waals surface area contributed by atoms with E-state index in [4.69, 9.17) is 16.4 Å². The van der Waals surface area contributed by atoms with E-state index in [0.29, 0.717) is 5.56 Å². The number of hydrogen-bond donors (Lipinski definition) is 2. The molecule has 36 heavy (non-hydrogen) atoms. The van der Waals surface area contributed by atoms with Crippen LogP contribution in [0.2, 0.25) is 0 Å². The highest BCUT2D eigenvalue weighted by molar-refractivity contribution is 6.30. The summed E-state index contributed by atoms with van der Waals surface area (Å²) in [7, 11) is 0. The lowest BCUT2D eigenvalue weighted by Crippen LogP contribution is -2.47. The molecule has 1 aliphatic rings. The molecule has 0 spiro atoms. The summed E-state index contributed by atoms with van der Waals surface area (Å²) >= 11 is 5.72. The van der Waals surface area contributed by atoms with Crippen molar-refractivity contribution in [3.8, 4) is 0 Å². The van der Waals surface area contributed by atoms with Gasteiger partial charge in [-0.05, 0) is 43.2 Å². The number of alkyl halides is 6. The highest BCUT2D eigenvalue weighted by Gasteiger charge is 2.62. The Bertz CT molecular complexity index is 1130. The quantitative estimate of drug-likeness (QED) is 0.358. The van der Waals surface area contributed by atoms with Gasteiger partial charge in [-0.25, -0.2) is 0 Å². The summed E-state index contributed by atoms with van der Waals surface area (Å²) < 4.78 is 78.9. The SMILES string of the molecule is C=C(Cl)/C=C(/C=C\C)C1(C(F)(F)F)CC(c2ccc(C(=O)NCC(=O)NCC(F)(F)F)c(C)c2)=NO1. The summed E-state index contributed by atoms with van der Waals surface area (Å²) in [6.07, 6.45) is -6.51.